The van der Waals surface area contributed by atoms with Gasteiger partial charge in [0.05, 0.1) is 33.2 Å². The second-order valence-corrected chi connectivity index (χ2v) is 6.40. The van der Waals surface area contributed by atoms with E-state index in [9.17, 15) is 0 Å². The molecule has 0 spiro atoms. The Morgan fingerprint density at radius 1 is 1.30 bits per heavy atom. The van der Waals surface area contributed by atoms with Gasteiger partial charge >= 0.3 is 0 Å². The highest BCUT2D eigenvalue weighted by atomic mass is 35.5. The number of anilines is 1. The molecule has 0 bridgehead atoms. The number of fused-ring (bicyclic) bond motifs is 3. The standard InChI is InChI=1S/C13H8Cl2N4S/c14-7-1-2-8(15)10(4-7)19-11-6(5-17-19)3-9-12(11)20-13(16)18-9/h1-2,4-5H,3H2,(H2,16,18). The quantitative estimate of drug-likeness (QED) is 0.580. The number of nitrogen functional groups attached to an aromatic ring is 1. The van der Waals surface area contributed by atoms with E-state index in [1.807, 2.05) is 10.9 Å². The van der Waals surface area contributed by atoms with Crippen molar-refractivity contribution in [1.29, 1.82) is 0 Å². The van der Waals surface area contributed by atoms with Crippen molar-refractivity contribution < 1.29 is 0 Å². The van der Waals surface area contributed by atoms with Crippen LogP contribution >= 0.6 is 34.5 Å². The maximum absolute atomic E-state index is 6.27. The van der Waals surface area contributed by atoms with Crippen molar-refractivity contribution in [3.05, 3.63) is 45.7 Å². The van der Waals surface area contributed by atoms with E-state index in [0.29, 0.717) is 15.2 Å². The molecule has 7 heteroatoms. The van der Waals surface area contributed by atoms with Crippen LogP contribution in [0, 0.1) is 0 Å². The number of rotatable bonds is 1. The number of nitrogens with two attached hydrogens (primary N) is 1. The molecule has 0 radical (unpaired) electrons. The Morgan fingerprint density at radius 3 is 3.00 bits per heavy atom. The molecule has 2 N–H and O–H groups in total. The molecule has 0 amide bonds. The Hall–Kier alpha value is -1.56. The van der Waals surface area contributed by atoms with Gasteiger partial charge in [0.25, 0.3) is 0 Å². The van der Waals surface area contributed by atoms with E-state index in [1.54, 1.807) is 18.2 Å². The van der Waals surface area contributed by atoms with Crippen LogP contribution in [0.2, 0.25) is 10.0 Å². The van der Waals surface area contributed by atoms with E-state index in [2.05, 4.69) is 10.1 Å². The average molecular weight is 323 g/mol. The topological polar surface area (TPSA) is 56.7 Å². The Morgan fingerprint density at radius 2 is 2.15 bits per heavy atom. The summed E-state index contributed by atoms with van der Waals surface area (Å²) in [6.45, 7) is 0. The van der Waals surface area contributed by atoms with Gasteiger partial charge in [-0.2, -0.15) is 5.10 Å². The zero-order valence-corrected chi connectivity index (χ0v) is 12.4. The van der Waals surface area contributed by atoms with Crippen molar-refractivity contribution in [2.75, 3.05) is 5.73 Å². The van der Waals surface area contributed by atoms with E-state index in [0.717, 1.165) is 33.9 Å². The molecule has 100 valence electrons. The van der Waals surface area contributed by atoms with Crippen molar-refractivity contribution in [3.63, 3.8) is 0 Å². The van der Waals surface area contributed by atoms with Crippen LogP contribution in [-0.2, 0) is 6.42 Å². The van der Waals surface area contributed by atoms with Crippen molar-refractivity contribution in [2.24, 2.45) is 0 Å². The van der Waals surface area contributed by atoms with Crippen molar-refractivity contribution in [1.82, 2.24) is 14.8 Å². The summed E-state index contributed by atoms with van der Waals surface area (Å²) in [6, 6.07) is 5.33. The summed E-state index contributed by atoms with van der Waals surface area (Å²) < 4.78 is 1.81. The third-order valence-electron chi connectivity index (χ3n) is 3.27. The van der Waals surface area contributed by atoms with Crippen LogP contribution < -0.4 is 5.73 Å². The SMILES string of the molecule is Nc1nc2c(s1)-c1c(cnn1-c1cc(Cl)ccc1Cl)C2. The minimum atomic E-state index is 0.575. The Kier molecular flexibility index (Phi) is 2.57. The predicted octanol–water partition coefficient (Wildman–Crippen LogP) is 3.79. The average Bonchev–Trinajstić information content (AvgIpc) is 3.03. The molecule has 3 aromatic rings. The van der Waals surface area contributed by atoms with Gasteiger partial charge in [0.15, 0.2) is 5.13 Å². The molecular formula is C13H8Cl2N4S. The van der Waals surface area contributed by atoms with E-state index < -0.39 is 0 Å². The number of hydrogen-bond acceptors (Lipinski definition) is 4. The number of nitrogens with zero attached hydrogens (tertiary/aromatic N) is 3. The summed E-state index contributed by atoms with van der Waals surface area (Å²) in [5.41, 5.74) is 9.70. The molecule has 0 unspecified atom stereocenters. The minimum absolute atomic E-state index is 0.575. The molecule has 20 heavy (non-hydrogen) atoms. The molecule has 4 nitrogen and oxygen atoms in total. The van der Waals surface area contributed by atoms with Crippen molar-refractivity contribution in [3.8, 4) is 16.3 Å². The van der Waals surface area contributed by atoms with E-state index in [-0.39, 0.29) is 0 Å². The fraction of sp³-hybridized carbons (Fsp3) is 0.0769. The largest absolute Gasteiger partial charge is 0.375 e. The van der Waals surface area contributed by atoms with Gasteiger partial charge in [-0.1, -0.05) is 34.5 Å². The second kappa shape index (κ2) is 4.22. The van der Waals surface area contributed by atoms with Gasteiger partial charge in [-0.3, -0.25) is 0 Å². The monoisotopic (exact) mass is 322 g/mol. The summed E-state index contributed by atoms with van der Waals surface area (Å²) in [6.07, 6.45) is 2.60. The zero-order chi connectivity index (χ0) is 13.9. The number of aromatic nitrogens is 3. The third-order valence-corrected chi connectivity index (χ3v) is 4.76. The van der Waals surface area contributed by atoms with Gasteiger partial charge in [-0.15, -0.1) is 0 Å². The lowest BCUT2D eigenvalue weighted by Gasteiger charge is -2.08. The lowest BCUT2D eigenvalue weighted by molar-refractivity contribution is 0.889. The normalized spacial score (nSPS) is 12.5. The molecule has 1 aromatic carbocycles. The molecule has 1 aliphatic rings. The molecule has 0 saturated carbocycles. The van der Waals surface area contributed by atoms with Gasteiger partial charge in [0, 0.05) is 17.0 Å². The highest BCUT2D eigenvalue weighted by Gasteiger charge is 2.28. The van der Waals surface area contributed by atoms with Crippen molar-refractivity contribution in [2.45, 2.75) is 6.42 Å². The molecule has 0 fully saturated rings. The van der Waals surface area contributed by atoms with Gasteiger partial charge < -0.3 is 5.73 Å². The smallest absolute Gasteiger partial charge is 0.180 e. The highest BCUT2D eigenvalue weighted by Crippen LogP contribution is 2.43. The fourth-order valence-electron chi connectivity index (χ4n) is 2.44. The number of halogens is 2. The van der Waals surface area contributed by atoms with E-state index in [1.165, 1.54) is 11.3 Å². The predicted molar refractivity (Wildman–Crippen MR) is 81.9 cm³/mol. The first-order valence-electron chi connectivity index (χ1n) is 5.91. The van der Waals surface area contributed by atoms with Gasteiger partial charge in [0.1, 0.15) is 0 Å². The first-order valence-corrected chi connectivity index (χ1v) is 7.48. The van der Waals surface area contributed by atoms with Crippen LogP contribution in [-0.4, -0.2) is 14.8 Å². The summed E-state index contributed by atoms with van der Waals surface area (Å²) in [7, 11) is 0. The van der Waals surface area contributed by atoms with Crippen LogP contribution in [0.25, 0.3) is 16.3 Å². The molecule has 0 aliphatic heterocycles. The zero-order valence-electron chi connectivity index (χ0n) is 10.1. The molecule has 2 aromatic heterocycles. The fourth-order valence-corrected chi connectivity index (χ4v) is 3.72. The Bertz CT molecular complexity index is 837. The van der Waals surface area contributed by atoms with Crippen LogP contribution in [0.15, 0.2) is 24.4 Å². The summed E-state index contributed by atoms with van der Waals surface area (Å²) in [5.74, 6) is 0. The van der Waals surface area contributed by atoms with Gasteiger partial charge in [-0.05, 0) is 18.2 Å². The Balaban J connectivity index is 1.97. The molecule has 2 heterocycles. The molecular weight excluding hydrogens is 315 g/mol. The van der Waals surface area contributed by atoms with E-state index >= 15 is 0 Å². The molecule has 0 saturated heterocycles. The maximum atomic E-state index is 6.27. The van der Waals surface area contributed by atoms with Crippen molar-refractivity contribution >= 4 is 39.7 Å². The van der Waals surface area contributed by atoms with Crippen LogP contribution in [0.1, 0.15) is 11.3 Å². The van der Waals surface area contributed by atoms with Crippen LogP contribution in [0.3, 0.4) is 0 Å². The number of hydrogen-bond donors (Lipinski definition) is 1. The molecule has 4 rings (SSSR count). The Labute approximate surface area is 128 Å². The summed E-state index contributed by atoms with van der Waals surface area (Å²) >= 11 is 13.8. The lowest BCUT2D eigenvalue weighted by atomic mass is 10.2. The highest BCUT2D eigenvalue weighted by molar-refractivity contribution is 7.19. The molecule has 1 aliphatic carbocycles. The number of thiazole rings is 1. The minimum Gasteiger partial charge on any atom is -0.375 e. The van der Waals surface area contributed by atoms with Gasteiger partial charge in [0.2, 0.25) is 0 Å². The maximum Gasteiger partial charge on any atom is 0.180 e. The number of benzene rings is 1. The first-order chi connectivity index (χ1) is 9.63. The second-order valence-electron chi connectivity index (χ2n) is 4.53. The first kappa shape index (κ1) is 12.2. The lowest BCUT2D eigenvalue weighted by Crippen LogP contribution is -1.99. The summed E-state index contributed by atoms with van der Waals surface area (Å²) in [4.78, 5) is 5.41. The summed E-state index contributed by atoms with van der Waals surface area (Å²) in [5, 5.41) is 6.23. The van der Waals surface area contributed by atoms with Crippen LogP contribution in [0.5, 0.6) is 0 Å². The molecule has 0 atom stereocenters. The van der Waals surface area contributed by atoms with Gasteiger partial charge in [-0.25, -0.2) is 9.67 Å². The van der Waals surface area contributed by atoms with Crippen LogP contribution in [0.4, 0.5) is 5.13 Å². The van der Waals surface area contributed by atoms with E-state index in [4.69, 9.17) is 28.9 Å². The third kappa shape index (κ3) is 1.67.